The van der Waals surface area contributed by atoms with E-state index in [9.17, 15) is 0 Å². The van der Waals surface area contributed by atoms with Crippen molar-refractivity contribution in [2.75, 3.05) is 6.54 Å². The molecule has 0 spiro atoms. The Morgan fingerprint density at radius 1 is 0.778 bits per heavy atom. The molecule has 2 heteroatoms. The Kier molecular flexibility index (Phi) is 5.97. The highest BCUT2D eigenvalue weighted by atomic mass is 15.5. The molecule has 2 atom stereocenters. The maximum Gasteiger partial charge on any atom is 0.0218 e. The van der Waals surface area contributed by atoms with E-state index in [0.717, 1.165) is 18.0 Å². The van der Waals surface area contributed by atoms with Gasteiger partial charge in [0.2, 0.25) is 0 Å². The molecular formula is C16H32N2. The Hall–Kier alpha value is -0.0800. The van der Waals surface area contributed by atoms with Crippen molar-refractivity contribution in [1.82, 2.24) is 10.4 Å². The van der Waals surface area contributed by atoms with Gasteiger partial charge in [-0.2, -0.15) is 0 Å². The van der Waals surface area contributed by atoms with Crippen LogP contribution in [0, 0.1) is 5.92 Å². The molecule has 0 aromatic carbocycles. The van der Waals surface area contributed by atoms with Crippen LogP contribution in [0.2, 0.25) is 0 Å². The fraction of sp³-hybridized carbons (Fsp3) is 1.00. The van der Waals surface area contributed by atoms with E-state index in [0.29, 0.717) is 0 Å². The van der Waals surface area contributed by atoms with Crippen LogP contribution in [-0.2, 0) is 0 Å². The predicted molar refractivity (Wildman–Crippen MR) is 78.4 cm³/mol. The maximum absolute atomic E-state index is 3.77. The quantitative estimate of drug-likeness (QED) is 0.813. The van der Waals surface area contributed by atoms with Gasteiger partial charge in [0.25, 0.3) is 0 Å². The summed E-state index contributed by atoms with van der Waals surface area (Å²) in [4.78, 5) is 0. The molecule has 2 unspecified atom stereocenters. The first-order valence-corrected chi connectivity index (χ1v) is 8.29. The predicted octanol–water partition coefficient (Wildman–Crippen LogP) is 4.11. The number of nitrogens with one attached hydrogen (secondary N) is 1. The number of hydrogen-bond acceptors (Lipinski definition) is 2. The van der Waals surface area contributed by atoms with Gasteiger partial charge in [0.1, 0.15) is 0 Å². The van der Waals surface area contributed by atoms with Crippen molar-refractivity contribution < 1.29 is 0 Å². The van der Waals surface area contributed by atoms with Crippen molar-refractivity contribution >= 4 is 0 Å². The third-order valence-corrected chi connectivity index (χ3v) is 4.98. The molecule has 2 fully saturated rings. The van der Waals surface area contributed by atoms with Crippen LogP contribution in [0.4, 0.5) is 0 Å². The molecule has 0 aromatic heterocycles. The van der Waals surface area contributed by atoms with E-state index in [1.54, 1.807) is 0 Å². The molecule has 0 radical (unpaired) electrons. The minimum atomic E-state index is 0.724. The number of nitrogens with zero attached hydrogens (tertiary/aromatic N) is 1. The van der Waals surface area contributed by atoms with Crippen molar-refractivity contribution in [3.63, 3.8) is 0 Å². The summed E-state index contributed by atoms with van der Waals surface area (Å²) >= 11 is 0. The van der Waals surface area contributed by atoms with Gasteiger partial charge in [0, 0.05) is 18.6 Å². The lowest BCUT2D eigenvalue weighted by atomic mass is 9.91. The minimum absolute atomic E-state index is 0.724. The van der Waals surface area contributed by atoms with Crippen molar-refractivity contribution in [3.8, 4) is 0 Å². The number of piperidine rings is 1. The second kappa shape index (κ2) is 7.49. The van der Waals surface area contributed by atoms with E-state index in [4.69, 9.17) is 0 Å². The molecule has 2 rings (SSSR count). The van der Waals surface area contributed by atoms with Gasteiger partial charge >= 0.3 is 0 Å². The topological polar surface area (TPSA) is 15.3 Å². The van der Waals surface area contributed by atoms with Gasteiger partial charge in [0.05, 0.1) is 0 Å². The SMILES string of the molecule is CC1CCCC(C)N1NCC1CCCCCCC1. The molecule has 1 N–H and O–H groups in total. The average Bonchev–Trinajstić information content (AvgIpc) is 2.30. The third-order valence-electron chi connectivity index (χ3n) is 4.98. The number of hydrazine groups is 1. The lowest BCUT2D eigenvalue weighted by Gasteiger charge is -2.40. The van der Waals surface area contributed by atoms with E-state index in [1.165, 1.54) is 70.8 Å². The number of hydrogen-bond donors (Lipinski definition) is 1. The molecule has 1 heterocycles. The standard InChI is InChI=1S/C16H32N2/c1-14-9-8-10-15(2)18(14)17-13-16-11-6-4-3-5-7-12-16/h14-17H,3-13H2,1-2H3. The van der Waals surface area contributed by atoms with Gasteiger partial charge in [-0.1, -0.05) is 38.5 Å². The molecule has 2 aliphatic rings. The molecule has 0 bridgehead atoms. The van der Waals surface area contributed by atoms with Gasteiger partial charge in [-0.3, -0.25) is 5.43 Å². The Balaban J connectivity index is 1.74. The first kappa shape index (κ1) is 14.3. The van der Waals surface area contributed by atoms with Crippen LogP contribution in [0.15, 0.2) is 0 Å². The van der Waals surface area contributed by atoms with Crippen LogP contribution in [0.1, 0.15) is 78.1 Å². The summed E-state index contributed by atoms with van der Waals surface area (Å²) in [5.41, 5.74) is 3.77. The van der Waals surface area contributed by atoms with Crippen molar-refractivity contribution in [1.29, 1.82) is 0 Å². The zero-order valence-electron chi connectivity index (χ0n) is 12.5. The van der Waals surface area contributed by atoms with E-state index in [-0.39, 0.29) is 0 Å². The monoisotopic (exact) mass is 252 g/mol. The smallest absolute Gasteiger partial charge is 0.0218 e. The minimum Gasteiger partial charge on any atom is -0.254 e. The maximum atomic E-state index is 3.77. The fourth-order valence-electron chi connectivity index (χ4n) is 3.71. The van der Waals surface area contributed by atoms with Gasteiger partial charge in [-0.25, -0.2) is 5.01 Å². The second-order valence-electron chi connectivity index (χ2n) is 6.61. The van der Waals surface area contributed by atoms with Gasteiger partial charge in [-0.05, 0) is 45.4 Å². The van der Waals surface area contributed by atoms with E-state index in [2.05, 4.69) is 24.3 Å². The summed E-state index contributed by atoms with van der Waals surface area (Å²) < 4.78 is 0. The zero-order chi connectivity index (χ0) is 12.8. The highest BCUT2D eigenvalue weighted by Crippen LogP contribution is 2.24. The Morgan fingerprint density at radius 3 is 1.94 bits per heavy atom. The Bertz CT molecular complexity index is 211. The first-order valence-electron chi connectivity index (χ1n) is 8.29. The summed E-state index contributed by atoms with van der Waals surface area (Å²) in [6.45, 7) is 5.97. The van der Waals surface area contributed by atoms with Crippen molar-refractivity contribution in [2.24, 2.45) is 5.92 Å². The highest BCUT2D eigenvalue weighted by molar-refractivity contribution is 4.77. The summed E-state index contributed by atoms with van der Waals surface area (Å²) in [5.74, 6) is 0.923. The zero-order valence-corrected chi connectivity index (χ0v) is 12.5. The summed E-state index contributed by atoms with van der Waals surface area (Å²) in [5, 5.41) is 2.54. The first-order chi connectivity index (χ1) is 8.77. The fourth-order valence-corrected chi connectivity index (χ4v) is 3.71. The summed E-state index contributed by atoms with van der Waals surface area (Å²) in [6, 6.07) is 1.45. The number of rotatable bonds is 3. The third kappa shape index (κ3) is 4.24. The average molecular weight is 252 g/mol. The van der Waals surface area contributed by atoms with Crippen LogP contribution in [0.25, 0.3) is 0 Å². The van der Waals surface area contributed by atoms with E-state index >= 15 is 0 Å². The van der Waals surface area contributed by atoms with E-state index in [1.807, 2.05) is 0 Å². The van der Waals surface area contributed by atoms with E-state index < -0.39 is 0 Å². The van der Waals surface area contributed by atoms with Crippen molar-refractivity contribution in [2.45, 2.75) is 90.1 Å². The molecular weight excluding hydrogens is 220 g/mol. The largest absolute Gasteiger partial charge is 0.254 e. The highest BCUT2D eigenvalue weighted by Gasteiger charge is 2.25. The molecule has 0 amide bonds. The molecule has 0 aromatic rings. The Labute approximate surface area is 113 Å². The lowest BCUT2D eigenvalue weighted by Crippen LogP contribution is -2.53. The second-order valence-corrected chi connectivity index (χ2v) is 6.61. The molecule has 1 aliphatic heterocycles. The molecule has 1 aliphatic carbocycles. The summed E-state index contributed by atoms with van der Waals surface area (Å²) in [6.07, 6.45) is 14.3. The van der Waals surface area contributed by atoms with Crippen LogP contribution in [0.5, 0.6) is 0 Å². The van der Waals surface area contributed by atoms with Crippen LogP contribution < -0.4 is 5.43 Å². The molecule has 1 saturated carbocycles. The van der Waals surface area contributed by atoms with Crippen LogP contribution in [0.3, 0.4) is 0 Å². The van der Waals surface area contributed by atoms with Gasteiger partial charge in [-0.15, -0.1) is 0 Å². The van der Waals surface area contributed by atoms with Gasteiger partial charge in [0.15, 0.2) is 0 Å². The normalized spacial score (nSPS) is 33.0. The molecule has 1 saturated heterocycles. The Morgan fingerprint density at radius 2 is 1.33 bits per heavy atom. The van der Waals surface area contributed by atoms with Gasteiger partial charge < -0.3 is 0 Å². The molecule has 18 heavy (non-hydrogen) atoms. The van der Waals surface area contributed by atoms with Crippen LogP contribution in [-0.4, -0.2) is 23.6 Å². The lowest BCUT2D eigenvalue weighted by molar-refractivity contribution is 0.0388. The molecule has 2 nitrogen and oxygen atoms in total. The summed E-state index contributed by atoms with van der Waals surface area (Å²) in [7, 11) is 0. The van der Waals surface area contributed by atoms with Crippen LogP contribution >= 0.6 is 0 Å². The van der Waals surface area contributed by atoms with Crippen molar-refractivity contribution in [3.05, 3.63) is 0 Å². The molecule has 106 valence electrons.